The number of rotatable bonds is 6. The Balaban J connectivity index is 1.68. The van der Waals surface area contributed by atoms with Crippen LogP contribution >= 0.6 is 11.6 Å². The van der Waals surface area contributed by atoms with Crippen molar-refractivity contribution in [1.82, 2.24) is 4.98 Å². The molecule has 1 aromatic heterocycles. The van der Waals surface area contributed by atoms with Crippen LogP contribution in [-0.4, -0.2) is 16.3 Å². The van der Waals surface area contributed by atoms with Gasteiger partial charge >= 0.3 is 0 Å². The summed E-state index contributed by atoms with van der Waals surface area (Å²) in [6.45, 7) is 0. The molecule has 0 bridgehead atoms. The number of methoxy groups -OCH3 is 1. The first-order valence-electron chi connectivity index (χ1n) is 7.43. The summed E-state index contributed by atoms with van der Waals surface area (Å²) in [6, 6.07) is 11.7. The minimum absolute atomic E-state index is 0.162. The molecule has 25 heavy (non-hydrogen) atoms. The summed E-state index contributed by atoms with van der Waals surface area (Å²) in [5.74, 6) is 0.500. The van der Waals surface area contributed by atoms with Crippen molar-refractivity contribution in [3.63, 3.8) is 0 Å². The highest BCUT2D eigenvalue weighted by molar-refractivity contribution is 7.83. The standard InChI is InChI=1S/C18H15ClFNO3S/c1-23-17-7-6-12(8-16(17)20)10-25(22)11-13-9-24-18(21-13)14-4-2-3-5-15(14)19/h2-9H,10-11H2,1H3. The Kier molecular flexibility index (Phi) is 5.50. The molecule has 0 N–H and O–H groups in total. The fraction of sp³-hybridized carbons (Fsp3) is 0.167. The average molecular weight is 380 g/mol. The van der Waals surface area contributed by atoms with E-state index >= 15 is 0 Å². The first-order valence-corrected chi connectivity index (χ1v) is 9.30. The van der Waals surface area contributed by atoms with Crippen LogP contribution in [0.5, 0.6) is 5.75 Å². The molecule has 1 atom stereocenters. The van der Waals surface area contributed by atoms with Gasteiger partial charge in [0.1, 0.15) is 6.26 Å². The van der Waals surface area contributed by atoms with Crippen LogP contribution in [0.15, 0.2) is 53.1 Å². The van der Waals surface area contributed by atoms with Crippen LogP contribution in [0.1, 0.15) is 11.3 Å². The predicted octanol–water partition coefficient (Wildman–Crippen LogP) is 4.59. The molecule has 7 heteroatoms. The van der Waals surface area contributed by atoms with Crippen LogP contribution in [0.3, 0.4) is 0 Å². The van der Waals surface area contributed by atoms with Crippen molar-refractivity contribution in [2.24, 2.45) is 0 Å². The van der Waals surface area contributed by atoms with E-state index in [9.17, 15) is 8.60 Å². The molecule has 3 aromatic rings. The molecule has 0 fully saturated rings. The summed E-state index contributed by atoms with van der Waals surface area (Å²) in [5.41, 5.74) is 1.87. The number of hydrogen-bond acceptors (Lipinski definition) is 4. The maximum atomic E-state index is 13.7. The minimum Gasteiger partial charge on any atom is -0.494 e. The molecule has 1 unspecified atom stereocenters. The van der Waals surface area contributed by atoms with Gasteiger partial charge in [0.05, 0.1) is 29.1 Å². The Morgan fingerprint density at radius 3 is 2.76 bits per heavy atom. The number of aromatic nitrogens is 1. The van der Waals surface area contributed by atoms with E-state index in [1.807, 2.05) is 12.1 Å². The van der Waals surface area contributed by atoms with E-state index in [2.05, 4.69) is 4.98 Å². The van der Waals surface area contributed by atoms with Gasteiger partial charge in [-0.05, 0) is 29.8 Å². The molecular formula is C18H15ClFNO3S. The maximum absolute atomic E-state index is 13.7. The van der Waals surface area contributed by atoms with Gasteiger partial charge in [-0.15, -0.1) is 0 Å². The highest BCUT2D eigenvalue weighted by atomic mass is 35.5. The van der Waals surface area contributed by atoms with Crippen molar-refractivity contribution < 1.29 is 17.8 Å². The fourth-order valence-electron chi connectivity index (χ4n) is 2.33. The third-order valence-electron chi connectivity index (χ3n) is 3.51. The molecule has 0 radical (unpaired) electrons. The number of halogens is 2. The van der Waals surface area contributed by atoms with E-state index in [1.165, 1.54) is 25.5 Å². The van der Waals surface area contributed by atoms with Crippen LogP contribution in [-0.2, 0) is 22.3 Å². The topological polar surface area (TPSA) is 52.3 Å². The molecule has 0 saturated carbocycles. The van der Waals surface area contributed by atoms with E-state index in [0.29, 0.717) is 27.7 Å². The lowest BCUT2D eigenvalue weighted by Gasteiger charge is -2.05. The van der Waals surface area contributed by atoms with Crippen molar-refractivity contribution in [2.45, 2.75) is 11.5 Å². The number of ether oxygens (including phenoxy) is 1. The van der Waals surface area contributed by atoms with Crippen molar-refractivity contribution in [2.75, 3.05) is 7.11 Å². The van der Waals surface area contributed by atoms with Crippen molar-refractivity contribution in [3.05, 3.63) is 70.8 Å². The zero-order valence-corrected chi connectivity index (χ0v) is 14.9. The quantitative estimate of drug-likeness (QED) is 0.628. The number of nitrogens with zero attached hydrogens (tertiary/aromatic N) is 1. The molecule has 0 aliphatic carbocycles. The molecule has 0 amide bonds. The monoisotopic (exact) mass is 379 g/mol. The highest BCUT2D eigenvalue weighted by Crippen LogP contribution is 2.27. The van der Waals surface area contributed by atoms with Crippen molar-refractivity contribution >= 4 is 22.4 Å². The van der Waals surface area contributed by atoms with Crippen molar-refractivity contribution in [1.29, 1.82) is 0 Å². The molecular weight excluding hydrogens is 365 g/mol. The fourth-order valence-corrected chi connectivity index (χ4v) is 3.67. The normalized spacial score (nSPS) is 12.1. The Labute approximate surface area is 152 Å². The van der Waals surface area contributed by atoms with Gasteiger partial charge < -0.3 is 9.15 Å². The lowest BCUT2D eigenvalue weighted by Crippen LogP contribution is -2.01. The smallest absolute Gasteiger partial charge is 0.227 e. The van der Waals surface area contributed by atoms with Crippen LogP contribution in [0.2, 0.25) is 5.02 Å². The molecule has 0 spiro atoms. The number of oxazole rings is 1. The summed E-state index contributed by atoms with van der Waals surface area (Å²) in [7, 11) is 0.150. The van der Waals surface area contributed by atoms with Crippen molar-refractivity contribution in [3.8, 4) is 17.2 Å². The van der Waals surface area contributed by atoms with Gasteiger partial charge in [-0.2, -0.15) is 0 Å². The molecule has 1 heterocycles. The number of hydrogen-bond donors (Lipinski definition) is 0. The second kappa shape index (κ2) is 7.80. The maximum Gasteiger partial charge on any atom is 0.227 e. The first kappa shape index (κ1) is 17.6. The highest BCUT2D eigenvalue weighted by Gasteiger charge is 2.13. The predicted molar refractivity (Wildman–Crippen MR) is 95.5 cm³/mol. The second-order valence-electron chi connectivity index (χ2n) is 5.32. The zero-order valence-electron chi connectivity index (χ0n) is 13.4. The largest absolute Gasteiger partial charge is 0.494 e. The molecule has 2 aromatic carbocycles. The van der Waals surface area contributed by atoms with Gasteiger partial charge in [0.2, 0.25) is 5.89 Å². The average Bonchev–Trinajstić information content (AvgIpc) is 3.03. The van der Waals surface area contributed by atoms with Crippen LogP contribution in [0.4, 0.5) is 4.39 Å². The van der Waals surface area contributed by atoms with Gasteiger partial charge in [0.15, 0.2) is 11.6 Å². The van der Waals surface area contributed by atoms with E-state index in [0.717, 1.165) is 0 Å². The van der Waals surface area contributed by atoms with E-state index in [1.54, 1.807) is 18.2 Å². The molecule has 0 aliphatic heterocycles. The van der Waals surface area contributed by atoms with Gasteiger partial charge in [-0.25, -0.2) is 9.37 Å². The SMILES string of the molecule is COc1ccc(CS(=O)Cc2coc(-c3ccccc3Cl)n2)cc1F. The Hall–Kier alpha value is -2.18. The Morgan fingerprint density at radius 2 is 2.04 bits per heavy atom. The third kappa shape index (κ3) is 4.27. The Morgan fingerprint density at radius 1 is 1.24 bits per heavy atom. The molecule has 3 rings (SSSR count). The summed E-state index contributed by atoms with van der Waals surface area (Å²) >= 11 is 6.11. The lowest BCUT2D eigenvalue weighted by atomic mass is 10.2. The number of benzene rings is 2. The molecule has 0 aliphatic rings. The van der Waals surface area contributed by atoms with Gasteiger partial charge in [-0.1, -0.05) is 29.8 Å². The van der Waals surface area contributed by atoms with Crippen LogP contribution in [0.25, 0.3) is 11.5 Å². The minimum atomic E-state index is -1.25. The van der Waals surface area contributed by atoms with Gasteiger partial charge in [0.25, 0.3) is 0 Å². The summed E-state index contributed by atoms with van der Waals surface area (Å²) in [6.07, 6.45) is 1.46. The summed E-state index contributed by atoms with van der Waals surface area (Å²) < 4.78 is 36.3. The van der Waals surface area contributed by atoms with Gasteiger partial charge in [-0.3, -0.25) is 4.21 Å². The third-order valence-corrected chi connectivity index (χ3v) is 5.11. The molecule has 130 valence electrons. The van der Waals surface area contributed by atoms with E-state index in [4.69, 9.17) is 20.8 Å². The summed E-state index contributed by atoms with van der Waals surface area (Å²) in [4.78, 5) is 4.33. The first-order chi connectivity index (χ1) is 12.1. The van der Waals surface area contributed by atoms with Gasteiger partial charge in [0, 0.05) is 16.6 Å². The van der Waals surface area contributed by atoms with Crippen LogP contribution in [0, 0.1) is 5.82 Å². The molecule has 4 nitrogen and oxygen atoms in total. The van der Waals surface area contributed by atoms with E-state index < -0.39 is 16.6 Å². The second-order valence-corrected chi connectivity index (χ2v) is 7.19. The zero-order chi connectivity index (χ0) is 17.8. The lowest BCUT2D eigenvalue weighted by molar-refractivity contribution is 0.386. The Bertz CT molecular complexity index is 913. The summed E-state index contributed by atoms with van der Waals surface area (Å²) in [5, 5.41) is 0.533. The molecule has 0 saturated heterocycles. The van der Waals surface area contributed by atoms with E-state index in [-0.39, 0.29) is 17.3 Å². The van der Waals surface area contributed by atoms with Crippen LogP contribution < -0.4 is 4.74 Å².